The van der Waals surface area contributed by atoms with Gasteiger partial charge in [-0.25, -0.2) is 0 Å². The second-order valence-corrected chi connectivity index (χ2v) is 5.26. The van der Waals surface area contributed by atoms with Crippen LogP contribution in [-0.4, -0.2) is 4.57 Å². The molecular formula is C18H16N2. The number of nitriles is 1. The highest BCUT2D eigenvalue weighted by molar-refractivity contribution is 5.87. The molecule has 0 radical (unpaired) electrons. The highest BCUT2D eigenvalue weighted by Gasteiger charge is 2.10. The SMILES string of the molecule is Cc1ccc2cc(-c3cc(C#N)c(C)n3C)ccc2c1. The zero-order valence-electron chi connectivity index (χ0n) is 11.9. The maximum Gasteiger partial charge on any atom is 0.101 e. The average Bonchev–Trinajstić information content (AvgIpc) is 2.74. The predicted molar refractivity (Wildman–Crippen MR) is 82.5 cm³/mol. The van der Waals surface area contributed by atoms with Crippen LogP contribution in [0, 0.1) is 25.2 Å². The van der Waals surface area contributed by atoms with Crippen LogP contribution in [0.2, 0.25) is 0 Å². The molecule has 0 aliphatic heterocycles. The number of benzene rings is 2. The molecule has 3 aromatic rings. The minimum Gasteiger partial charge on any atom is -0.347 e. The molecule has 0 bridgehead atoms. The van der Waals surface area contributed by atoms with Gasteiger partial charge in [-0.15, -0.1) is 0 Å². The molecule has 2 aromatic carbocycles. The highest BCUT2D eigenvalue weighted by atomic mass is 15.0. The van der Waals surface area contributed by atoms with E-state index in [0.29, 0.717) is 0 Å². The lowest BCUT2D eigenvalue weighted by atomic mass is 10.0. The summed E-state index contributed by atoms with van der Waals surface area (Å²) < 4.78 is 2.08. The monoisotopic (exact) mass is 260 g/mol. The lowest BCUT2D eigenvalue weighted by Crippen LogP contribution is -1.94. The van der Waals surface area contributed by atoms with Gasteiger partial charge in [0.1, 0.15) is 6.07 Å². The molecular weight excluding hydrogens is 244 g/mol. The van der Waals surface area contributed by atoms with Crippen LogP contribution in [0.25, 0.3) is 22.0 Å². The largest absolute Gasteiger partial charge is 0.347 e. The number of aryl methyl sites for hydroxylation is 1. The fraction of sp³-hybridized carbons (Fsp3) is 0.167. The summed E-state index contributed by atoms with van der Waals surface area (Å²) in [6, 6.07) is 17.1. The van der Waals surface area contributed by atoms with E-state index in [1.54, 1.807) is 0 Å². The van der Waals surface area contributed by atoms with Gasteiger partial charge in [-0.1, -0.05) is 35.9 Å². The lowest BCUT2D eigenvalue weighted by Gasteiger charge is -2.07. The Morgan fingerprint density at radius 1 is 0.950 bits per heavy atom. The van der Waals surface area contributed by atoms with Gasteiger partial charge < -0.3 is 4.57 Å². The second kappa shape index (κ2) is 4.54. The molecule has 0 fully saturated rings. The number of hydrogen-bond donors (Lipinski definition) is 0. The van der Waals surface area contributed by atoms with Crippen molar-refractivity contribution >= 4 is 10.8 Å². The minimum atomic E-state index is 0.742. The van der Waals surface area contributed by atoms with Gasteiger partial charge in [0, 0.05) is 18.4 Å². The van der Waals surface area contributed by atoms with Crippen LogP contribution < -0.4 is 0 Å². The van der Waals surface area contributed by atoms with E-state index in [0.717, 1.165) is 22.5 Å². The standard InChI is InChI=1S/C18H16N2/c1-12-4-5-15-9-16(7-6-14(15)8-12)18-10-17(11-19)13(2)20(18)3/h4-10H,1-3H3. The zero-order chi connectivity index (χ0) is 14.3. The third-order valence-electron chi connectivity index (χ3n) is 3.95. The summed E-state index contributed by atoms with van der Waals surface area (Å²) in [5.41, 5.74) is 5.25. The van der Waals surface area contributed by atoms with Crippen LogP contribution in [0.3, 0.4) is 0 Å². The molecule has 0 saturated carbocycles. The third kappa shape index (κ3) is 1.88. The van der Waals surface area contributed by atoms with Crippen molar-refractivity contribution in [3.63, 3.8) is 0 Å². The van der Waals surface area contributed by atoms with E-state index in [4.69, 9.17) is 5.26 Å². The van der Waals surface area contributed by atoms with Crippen LogP contribution in [-0.2, 0) is 7.05 Å². The predicted octanol–water partition coefficient (Wildman–Crippen LogP) is 4.33. The van der Waals surface area contributed by atoms with E-state index >= 15 is 0 Å². The fourth-order valence-corrected chi connectivity index (χ4v) is 2.61. The van der Waals surface area contributed by atoms with Gasteiger partial charge in [0.05, 0.1) is 5.56 Å². The van der Waals surface area contributed by atoms with Crippen molar-refractivity contribution in [2.75, 3.05) is 0 Å². The lowest BCUT2D eigenvalue weighted by molar-refractivity contribution is 0.889. The van der Waals surface area contributed by atoms with Crippen LogP contribution in [0.1, 0.15) is 16.8 Å². The first-order valence-corrected chi connectivity index (χ1v) is 6.67. The Morgan fingerprint density at radius 2 is 1.65 bits per heavy atom. The summed E-state index contributed by atoms with van der Waals surface area (Å²) in [6.45, 7) is 4.08. The van der Waals surface area contributed by atoms with Crippen LogP contribution in [0.5, 0.6) is 0 Å². The molecule has 0 amide bonds. The Kier molecular flexibility index (Phi) is 2.84. The quantitative estimate of drug-likeness (QED) is 0.640. The molecule has 98 valence electrons. The fourth-order valence-electron chi connectivity index (χ4n) is 2.61. The van der Waals surface area contributed by atoms with Crippen molar-refractivity contribution in [1.82, 2.24) is 4.57 Å². The first-order chi connectivity index (χ1) is 9.60. The Labute approximate surface area is 118 Å². The van der Waals surface area contributed by atoms with Crippen molar-refractivity contribution in [2.45, 2.75) is 13.8 Å². The maximum atomic E-state index is 9.14. The van der Waals surface area contributed by atoms with E-state index in [1.807, 2.05) is 20.0 Å². The molecule has 2 heteroatoms. The summed E-state index contributed by atoms with van der Waals surface area (Å²) >= 11 is 0. The summed E-state index contributed by atoms with van der Waals surface area (Å²) in [7, 11) is 2.00. The third-order valence-corrected chi connectivity index (χ3v) is 3.95. The van der Waals surface area contributed by atoms with Crippen molar-refractivity contribution < 1.29 is 0 Å². The second-order valence-electron chi connectivity index (χ2n) is 5.26. The molecule has 20 heavy (non-hydrogen) atoms. The molecule has 3 rings (SSSR count). The van der Waals surface area contributed by atoms with E-state index < -0.39 is 0 Å². The summed E-state index contributed by atoms with van der Waals surface area (Å²) in [4.78, 5) is 0. The minimum absolute atomic E-state index is 0.742. The molecule has 0 N–H and O–H groups in total. The first-order valence-electron chi connectivity index (χ1n) is 6.67. The molecule has 0 saturated heterocycles. The number of aromatic nitrogens is 1. The van der Waals surface area contributed by atoms with Crippen LogP contribution >= 0.6 is 0 Å². The summed E-state index contributed by atoms with van der Waals surface area (Å²) in [5, 5.41) is 11.6. The van der Waals surface area contributed by atoms with Crippen LogP contribution in [0.4, 0.5) is 0 Å². The number of hydrogen-bond acceptors (Lipinski definition) is 1. The van der Waals surface area contributed by atoms with Gasteiger partial charge in [-0.05, 0) is 42.3 Å². The molecule has 0 unspecified atom stereocenters. The van der Waals surface area contributed by atoms with Gasteiger partial charge in [0.15, 0.2) is 0 Å². The Hall–Kier alpha value is -2.53. The molecule has 0 aliphatic carbocycles. The van der Waals surface area contributed by atoms with Gasteiger partial charge in [0.25, 0.3) is 0 Å². The average molecular weight is 260 g/mol. The molecule has 0 spiro atoms. The van der Waals surface area contributed by atoms with Gasteiger partial charge in [-0.3, -0.25) is 0 Å². The van der Waals surface area contributed by atoms with Gasteiger partial charge in [-0.2, -0.15) is 5.26 Å². The summed E-state index contributed by atoms with van der Waals surface area (Å²) in [5.74, 6) is 0. The zero-order valence-corrected chi connectivity index (χ0v) is 11.9. The van der Waals surface area contributed by atoms with Crippen LogP contribution in [0.15, 0.2) is 42.5 Å². The van der Waals surface area contributed by atoms with Crippen molar-refractivity contribution in [1.29, 1.82) is 5.26 Å². The highest BCUT2D eigenvalue weighted by Crippen LogP contribution is 2.28. The summed E-state index contributed by atoms with van der Waals surface area (Å²) in [6.07, 6.45) is 0. The smallest absolute Gasteiger partial charge is 0.101 e. The number of rotatable bonds is 1. The van der Waals surface area contributed by atoms with E-state index in [1.165, 1.54) is 16.3 Å². The van der Waals surface area contributed by atoms with Gasteiger partial charge in [0.2, 0.25) is 0 Å². The maximum absolute atomic E-state index is 9.14. The molecule has 0 atom stereocenters. The Morgan fingerprint density at radius 3 is 2.35 bits per heavy atom. The van der Waals surface area contributed by atoms with E-state index in [-0.39, 0.29) is 0 Å². The number of fused-ring (bicyclic) bond motifs is 1. The number of nitrogens with zero attached hydrogens (tertiary/aromatic N) is 2. The van der Waals surface area contributed by atoms with Crippen molar-refractivity contribution in [3.05, 3.63) is 59.3 Å². The van der Waals surface area contributed by atoms with Gasteiger partial charge >= 0.3 is 0 Å². The first kappa shape index (κ1) is 12.5. The molecule has 1 aromatic heterocycles. The molecule has 0 aliphatic rings. The molecule has 2 nitrogen and oxygen atoms in total. The van der Waals surface area contributed by atoms with Crippen molar-refractivity contribution in [2.24, 2.45) is 7.05 Å². The van der Waals surface area contributed by atoms with E-state index in [2.05, 4.69) is 54.0 Å². The van der Waals surface area contributed by atoms with Crippen molar-refractivity contribution in [3.8, 4) is 17.3 Å². The Bertz CT molecular complexity index is 848. The normalized spacial score (nSPS) is 10.7. The topological polar surface area (TPSA) is 28.7 Å². The molecule has 1 heterocycles. The van der Waals surface area contributed by atoms with E-state index in [9.17, 15) is 0 Å². The Balaban J connectivity index is 2.20.